The minimum Gasteiger partial charge on any atom is -0.366 e. The Balaban J connectivity index is 1.43. The third-order valence-corrected chi connectivity index (χ3v) is 5.76. The Bertz CT molecular complexity index is 1210. The largest absolute Gasteiger partial charge is 0.389 e. The Labute approximate surface area is 180 Å². The zero-order valence-corrected chi connectivity index (χ0v) is 16.8. The number of nitrogens with one attached hydrogen (secondary N) is 2. The van der Waals surface area contributed by atoms with Crippen molar-refractivity contribution < 1.29 is 22.8 Å². The standard InChI is InChI=1S/C21H19F3N6O2/c22-21(23,24)7-5-18(31)15-3-4-17-19(28-15)30(13-6-8-29(17)10-13)20(32)27-12-1-2-14-16(9-12)26-11-25-14/h1-4,9,11,13H,5-8,10H2,(H,25,26)(H,27,32)/t13-/m0/s1. The van der Waals surface area contributed by atoms with Crippen LogP contribution in [0.4, 0.5) is 35.2 Å². The fourth-order valence-corrected chi connectivity index (χ4v) is 4.21. The van der Waals surface area contributed by atoms with E-state index in [9.17, 15) is 22.8 Å². The average molecular weight is 444 g/mol. The van der Waals surface area contributed by atoms with Crippen molar-refractivity contribution in [2.45, 2.75) is 31.5 Å². The summed E-state index contributed by atoms with van der Waals surface area (Å²) >= 11 is 0. The van der Waals surface area contributed by atoms with Gasteiger partial charge in [0.25, 0.3) is 0 Å². The summed E-state index contributed by atoms with van der Waals surface area (Å²) in [6.07, 6.45) is -4.03. The quantitative estimate of drug-likeness (QED) is 0.591. The lowest BCUT2D eigenvalue weighted by molar-refractivity contribution is -0.133. The molecule has 2 aliphatic heterocycles. The number of nitrogens with zero attached hydrogens (tertiary/aromatic N) is 4. The van der Waals surface area contributed by atoms with Crippen molar-refractivity contribution in [3.05, 3.63) is 42.4 Å². The number of urea groups is 1. The summed E-state index contributed by atoms with van der Waals surface area (Å²) in [4.78, 5) is 40.6. The number of anilines is 3. The van der Waals surface area contributed by atoms with E-state index in [4.69, 9.17) is 0 Å². The number of Topliss-reactive ketones (excluding diaryl/α,β-unsaturated/α-hetero) is 1. The number of aromatic nitrogens is 3. The Morgan fingerprint density at radius 3 is 2.88 bits per heavy atom. The predicted molar refractivity (Wildman–Crippen MR) is 112 cm³/mol. The number of hydrogen-bond acceptors (Lipinski definition) is 5. The van der Waals surface area contributed by atoms with Crippen molar-refractivity contribution in [1.29, 1.82) is 0 Å². The maximum atomic E-state index is 13.2. The second-order valence-electron chi connectivity index (χ2n) is 7.90. The number of H-pyrrole nitrogens is 1. The smallest absolute Gasteiger partial charge is 0.366 e. The Morgan fingerprint density at radius 2 is 2.06 bits per heavy atom. The molecule has 0 radical (unpaired) electrons. The monoisotopic (exact) mass is 444 g/mol. The van der Waals surface area contributed by atoms with E-state index in [1.165, 1.54) is 11.0 Å². The Morgan fingerprint density at radius 1 is 1.22 bits per heavy atom. The highest BCUT2D eigenvalue weighted by Crippen LogP contribution is 2.39. The first-order valence-electron chi connectivity index (χ1n) is 10.2. The van der Waals surface area contributed by atoms with Gasteiger partial charge in [-0.2, -0.15) is 13.2 Å². The first-order valence-corrected chi connectivity index (χ1v) is 10.2. The summed E-state index contributed by atoms with van der Waals surface area (Å²) in [7, 11) is 0. The molecule has 1 saturated heterocycles. The zero-order chi connectivity index (χ0) is 22.5. The van der Waals surface area contributed by atoms with Crippen molar-refractivity contribution in [2.24, 2.45) is 0 Å². The first kappa shape index (κ1) is 20.3. The van der Waals surface area contributed by atoms with Crippen molar-refractivity contribution in [3.63, 3.8) is 0 Å². The number of imidazole rings is 1. The number of benzene rings is 1. The number of carbonyl (C=O) groups excluding carboxylic acids is 2. The molecule has 0 unspecified atom stereocenters. The number of halogens is 3. The minimum atomic E-state index is -4.42. The number of amides is 2. The molecule has 0 spiro atoms. The summed E-state index contributed by atoms with van der Waals surface area (Å²) in [6.45, 7) is 1.35. The fraction of sp³-hybridized carbons (Fsp3) is 0.333. The molecule has 4 heterocycles. The predicted octanol–water partition coefficient (Wildman–Crippen LogP) is 4.11. The lowest BCUT2D eigenvalue weighted by Crippen LogP contribution is -2.48. The van der Waals surface area contributed by atoms with Gasteiger partial charge in [-0.3, -0.25) is 9.69 Å². The van der Waals surface area contributed by atoms with Gasteiger partial charge < -0.3 is 15.2 Å². The van der Waals surface area contributed by atoms with Crippen molar-refractivity contribution >= 4 is 40.0 Å². The van der Waals surface area contributed by atoms with Crippen LogP contribution in [0.1, 0.15) is 29.8 Å². The molecular weight excluding hydrogens is 425 g/mol. The molecule has 32 heavy (non-hydrogen) atoms. The molecule has 3 aromatic rings. The van der Waals surface area contributed by atoms with Gasteiger partial charge in [0, 0.05) is 25.2 Å². The van der Waals surface area contributed by atoms with Gasteiger partial charge in [0.2, 0.25) is 0 Å². The number of alkyl halides is 3. The molecule has 0 aliphatic carbocycles. The van der Waals surface area contributed by atoms with Crippen molar-refractivity contribution in [2.75, 3.05) is 28.2 Å². The summed E-state index contributed by atoms with van der Waals surface area (Å²) in [5.74, 6) is -0.417. The molecule has 8 nitrogen and oxygen atoms in total. The number of carbonyl (C=O) groups is 2. The third kappa shape index (κ3) is 3.74. The van der Waals surface area contributed by atoms with E-state index in [2.05, 4.69) is 25.2 Å². The topological polar surface area (TPSA) is 94.2 Å². The first-order chi connectivity index (χ1) is 15.3. The average Bonchev–Trinajstić information content (AvgIpc) is 3.38. The molecule has 5 rings (SSSR count). The van der Waals surface area contributed by atoms with E-state index >= 15 is 0 Å². The number of hydrogen-bond donors (Lipinski definition) is 2. The highest BCUT2D eigenvalue weighted by Gasteiger charge is 2.40. The van der Waals surface area contributed by atoms with Crippen LogP contribution >= 0.6 is 0 Å². The molecule has 1 aromatic carbocycles. The van der Waals surface area contributed by atoms with Gasteiger partial charge in [-0.1, -0.05) is 0 Å². The van der Waals surface area contributed by atoms with Gasteiger partial charge in [0.05, 0.1) is 35.5 Å². The van der Waals surface area contributed by atoms with E-state index in [1.807, 2.05) is 0 Å². The SMILES string of the molecule is O=C(CCC(F)(F)F)c1ccc2c(n1)N(C(=O)Nc1ccc3nc[nH]c3c1)[C@H]1CCN2C1. The maximum absolute atomic E-state index is 13.2. The number of aromatic amines is 1. The van der Waals surface area contributed by atoms with Crippen LogP contribution in [0.25, 0.3) is 11.0 Å². The van der Waals surface area contributed by atoms with Crippen LogP contribution < -0.4 is 15.1 Å². The van der Waals surface area contributed by atoms with Gasteiger partial charge in [-0.05, 0) is 36.8 Å². The summed E-state index contributed by atoms with van der Waals surface area (Å²) < 4.78 is 37.6. The molecule has 2 amide bonds. The van der Waals surface area contributed by atoms with Crippen LogP contribution in [0.3, 0.4) is 0 Å². The summed E-state index contributed by atoms with van der Waals surface area (Å²) in [5, 5.41) is 2.86. The molecule has 11 heteroatoms. The Kier molecular flexibility index (Phi) is 4.75. The van der Waals surface area contributed by atoms with Crippen LogP contribution in [0.5, 0.6) is 0 Å². The second kappa shape index (κ2) is 7.50. The highest BCUT2D eigenvalue weighted by molar-refractivity contribution is 6.06. The van der Waals surface area contributed by atoms with Gasteiger partial charge >= 0.3 is 12.2 Å². The normalized spacial score (nSPS) is 17.5. The van der Waals surface area contributed by atoms with Crippen molar-refractivity contribution in [1.82, 2.24) is 15.0 Å². The van der Waals surface area contributed by atoms with Crippen LogP contribution in [0.15, 0.2) is 36.7 Å². The molecule has 166 valence electrons. The van der Waals surface area contributed by atoms with Gasteiger partial charge in [0.15, 0.2) is 11.6 Å². The Hall–Kier alpha value is -3.63. The number of rotatable bonds is 4. The fourth-order valence-electron chi connectivity index (χ4n) is 4.21. The van der Waals surface area contributed by atoms with Gasteiger partial charge in [0.1, 0.15) is 5.69 Å². The summed E-state index contributed by atoms with van der Waals surface area (Å²) in [5.41, 5.74) is 2.70. The van der Waals surface area contributed by atoms with Crippen LogP contribution in [-0.4, -0.2) is 52.1 Å². The van der Waals surface area contributed by atoms with Crippen LogP contribution in [0, 0.1) is 0 Å². The lowest BCUT2D eigenvalue weighted by Gasteiger charge is -2.35. The molecule has 2 aromatic heterocycles. The molecule has 1 atom stereocenters. The maximum Gasteiger partial charge on any atom is 0.389 e. The zero-order valence-electron chi connectivity index (χ0n) is 16.8. The third-order valence-electron chi connectivity index (χ3n) is 5.76. The molecule has 2 N–H and O–H groups in total. The highest BCUT2D eigenvalue weighted by atomic mass is 19.4. The van der Waals surface area contributed by atoms with Gasteiger partial charge in [-0.15, -0.1) is 0 Å². The lowest BCUT2D eigenvalue weighted by atomic mass is 10.1. The van der Waals surface area contributed by atoms with Crippen molar-refractivity contribution in [3.8, 4) is 0 Å². The molecular formula is C21H19F3N6O2. The second-order valence-corrected chi connectivity index (χ2v) is 7.90. The number of fused-ring (bicyclic) bond motifs is 5. The van der Waals surface area contributed by atoms with Gasteiger partial charge in [-0.25, -0.2) is 14.8 Å². The van der Waals surface area contributed by atoms with E-state index in [1.54, 1.807) is 30.6 Å². The number of pyridine rings is 1. The van der Waals surface area contributed by atoms with Crippen LogP contribution in [-0.2, 0) is 0 Å². The van der Waals surface area contributed by atoms with E-state index < -0.39 is 30.8 Å². The van der Waals surface area contributed by atoms with E-state index in [-0.39, 0.29) is 17.6 Å². The molecule has 0 saturated carbocycles. The molecule has 1 fully saturated rings. The number of ketones is 1. The molecule has 2 aliphatic rings. The molecule has 2 bridgehead atoms. The van der Waals surface area contributed by atoms with E-state index in [0.29, 0.717) is 17.9 Å². The summed E-state index contributed by atoms with van der Waals surface area (Å²) in [6, 6.07) is 7.79. The minimum absolute atomic E-state index is 0.0767. The van der Waals surface area contributed by atoms with Crippen LogP contribution in [0.2, 0.25) is 0 Å². The van der Waals surface area contributed by atoms with E-state index in [0.717, 1.165) is 24.0 Å².